The molecule has 0 unspecified atom stereocenters. The number of hydrogen-bond acceptors (Lipinski definition) is 2. The molecule has 0 fully saturated rings. The molecular weight excluding hydrogens is 288 g/mol. The molecule has 0 aliphatic carbocycles. The largest absolute Gasteiger partial charge is 0.291 e. The Balaban J connectivity index is 5.80. The van der Waals surface area contributed by atoms with Crippen molar-refractivity contribution >= 4 is 25.9 Å². The van der Waals surface area contributed by atoms with Crippen molar-refractivity contribution in [2.45, 2.75) is 0 Å². The van der Waals surface area contributed by atoms with Crippen LogP contribution in [0.25, 0.3) is 0 Å². The lowest BCUT2D eigenvalue weighted by Crippen LogP contribution is -2.37. The van der Waals surface area contributed by atoms with Gasteiger partial charge >= 0.3 is 0 Å². The molecular formula is C9H27N5OP2S. The molecule has 0 amide bonds. The standard InChI is InChI=1S/C9H27N5OP2S/c1-10(2)16(15,11(3)4)14(9)17(18,12(5)6)13(7)8/h1-9H3. The maximum Gasteiger partial charge on any atom is 0.291 e. The fourth-order valence-corrected chi connectivity index (χ4v) is 9.40. The van der Waals surface area contributed by atoms with E-state index in [2.05, 4.69) is 0 Å². The fraction of sp³-hybridized carbons (Fsp3) is 1.00. The molecule has 0 bridgehead atoms. The van der Waals surface area contributed by atoms with E-state index >= 15 is 0 Å². The Morgan fingerprint density at radius 2 is 0.944 bits per heavy atom. The second-order valence-electron chi connectivity index (χ2n) is 4.90. The molecule has 0 aromatic rings. The minimum absolute atomic E-state index is 1.75. The van der Waals surface area contributed by atoms with Crippen molar-refractivity contribution < 1.29 is 4.57 Å². The topological polar surface area (TPSA) is 33.3 Å². The summed E-state index contributed by atoms with van der Waals surface area (Å²) in [5, 5.41) is 0. The van der Waals surface area contributed by atoms with E-state index in [-0.39, 0.29) is 0 Å². The van der Waals surface area contributed by atoms with Crippen molar-refractivity contribution in [1.82, 2.24) is 23.1 Å². The Labute approximate surface area is 117 Å². The molecule has 0 atom stereocenters. The number of rotatable bonds is 6. The summed E-state index contributed by atoms with van der Waals surface area (Å²) in [7, 11) is 14.1. The van der Waals surface area contributed by atoms with E-state index < -0.39 is 14.1 Å². The van der Waals surface area contributed by atoms with Gasteiger partial charge in [-0.3, -0.25) is 13.9 Å². The normalized spacial score (nSPS) is 14.6. The van der Waals surface area contributed by atoms with Crippen LogP contribution in [0, 0.1) is 0 Å². The van der Waals surface area contributed by atoms with Crippen molar-refractivity contribution in [3.05, 3.63) is 0 Å². The van der Waals surface area contributed by atoms with Crippen molar-refractivity contribution in [3.8, 4) is 0 Å². The fourth-order valence-electron chi connectivity index (χ4n) is 1.90. The van der Waals surface area contributed by atoms with Crippen LogP contribution >= 0.6 is 14.1 Å². The Morgan fingerprint density at radius 3 is 1.11 bits per heavy atom. The quantitative estimate of drug-likeness (QED) is 0.687. The monoisotopic (exact) mass is 315 g/mol. The van der Waals surface area contributed by atoms with Gasteiger partial charge in [0.1, 0.15) is 0 Å². The van der Waals surface area contributed by atoms with E-state index in [0.29, 0.717) is 0 Å². The van der Waals surface area contributed by atoms with Crippen LogP contribution in [-0.4, -0.2) is 86.6 Å². The van der Waals surface area contributed by atoms with E-state index in [1.165, 1.54) is 0 Å². The summed E-state index contributed by atoms with van der Waals surface area (Å²) >= 11 is 5.82. The molecule has 6 nitrogen and oxygen atoms in total. The van der Waals surface area contributed by atoms with Crippen LogP contribution in [-0.2, 0) is 16.4 Å². The molecule has 0 saturated heterocycles. The third-order valence-electron chi connectivity index (χ3n) is 2.84. The SMILES string of the molecule is CN(C)P(=O)(N(C)C)N(C)P(=S)(N(C)C)N(C)C. The van der Waals surface area contributed by atoms with Crippen LogP contribution < -0.4 is 0 Å². The first kappa shape index (κ1) is 18.7. The van der Waals surface area contributed by atoms with Crippen LogP contribution in [0.3, 0.4) is 0 Å². The molecule has 0 saturated carbocycles. The summed E-state index contributed by atoms with van der Waals surface area (Å²) in [5.74, 6) is 0. The third-order valence-corrected chi connectivity index (χ3v) is 13.0. The molecule has 18 heavy (non-hydrogen) atoms. The highest BCUT2D eigenvalue weighted by Gasteiger charge is 2.43. The lowest BCUT2D eigenvalue weighted by atomic mass is 11.3. The van der Waals surface area contributed by atoms with Crippen molar-refractivity contribution in [2.24, 2.45) is 0 Å². The van der Waals surface area contributed by atoms with Gasteiger partial charge in [0.05, 0.1) is 0 Å². The van der Waals surface area contributed by atoms with E-state index in [4.69, 9.17) is 11.8 Å². The van der Waals surface area contributed by atoms with Crippen LogP contribution in [0.15, 0.2) is 0 Å². The molecule has 0 spiro atoms. The van der Waals surface area contributed by atoms with Crippen LogP contribution in [0.4, 0.5) is 0 Å². The third kappa shape index (κ3) is 3.05. The van der Waals surface area contributed by atoms with Gasteiger partial charge in [0.2, 0.25) is 0 Å². The average molecular weight is 315 g/mol. The minimum Gasteiger partial charge on any atom is -0.270 e. The van der Waals surface area contributed by atoms with E-state index in [9.17, 15) is 4.57 Å². The molecule has 0 rings (SSSR count). The highest BCUT2D eigenvalue weighted by molar-refractivity contribution is 8.13. The highest BCUT2D eigenvalue weighted by atomic mass is 32.4. The zero-order chi connectivity index (χ0) is 14.9. The van der Waals surface area contributed by atoms with Crippen LogP contribution in [0.5, 0.6) is 0 Å². The summed E-state index contributed by atoms with van der Waals surface area (Å²) in [6.07, 6.45) is 0. The van der Waals surface area contributed by atoms with Gasteiger partial charge in [-0.15, -0.1) is 0 Å². The van der Waals surface area contributed by atoms with Gasteiger partial charge in [0, 0.05) is 7.05 Å². The van der Waals surface area contributed by atoms with Crippen molar-refractivity contribution in [2.75, 3.05) is 63.4 Å². The molecule has 0 aromatic heterocycles. The van der Waals surface area contributed by atoms with Gasteiger partial charge in [-0.05, 0) is 68.2 Å². The summed E-state index contributed by atoms with van der Waals surface area (Å²) in [4.78, 5) is 0. The zero-order valence-electron chi connectivity index (χ0n) is 12.9. The van der Waals surface area contributed by atoms with Gasteiger partial charge in [-0.1, -0.05) is 0 Å². The first-order valence-electron chi connectivity index (χ1n) is 5.59. The van der Waals surface area contributed by atoms with Crippen molar-refractivity contribution in [1.29, 1.82) is 0 Å². The van der Waals surface area contributed by atoms with Crippen molar-refractivity contribution in [3.63, 3.8) is 0 Å². The molecule has 0 aliphatic rings. The van der Waals surface area contributed by atoms with Gasteiger partial charge in [0.15, 0.2) is 6.49 Å². The van der Waals surface area contributed by atoms with Crippen LogP contribution in [0.1, 0.15) is 0 Å². The minimum atomic E-state index is -2.82. The maximum absolute atomic E-state index is 13.3. The van der Waals surface area contributed by atoms with E-state index in [1.54, 1.807) is 9.34 Å². The Hall–Kier alpha value is 0.680. The summed E-state index contributed by atoms with van der Waals surface area (Å²) in [6, 6.07) is 0. The molecule has 110 valence electrons. The summed E-state index contributed by atoms with van der Waals surface area (Å²) in [5.41, 5.74) is 0. The second-order valence-corrected chi connectivity index (χ2v) is 13.1. The maximum atomic E-state index is 13.3. The van der Waals surface area contributed by atoms with E-state index in [0.717, 1.165) is 0 Å². The lowest BCUT2D eigenvalue weighted by molar-refractivity contribution is 0.397. The summed E-state index contributed by atoms with van der Waals surface area (Å²) in [6.45, 7) is -2.20. The highest BCUT2D eigenvalue weighted by Crippen LogP contribution is 2.68. The predicted octanol–water partition coefficient (Wildman–Crippen LogP) is 1.50. The molecule has 0 N–H and O–H groups in total. The Bertz CT molecular complexity index is 314. The van der Waals surface area contributed by atoms with Crippen LogP contribution in [0.2, 0.25) is 0 Å². The summed E-state index contributed by atoms with van der Waals surface area (Å²) < 4.78 is 22.6. The number of hydrogen-bond donors (Lipinski definition) is 0. The predicted molar refractivity (Wildman–Crippen MR) is 84.4 cm³/mol. The zero-order valence-corrected chi connectivity index (χ0v) is 15.6. The van der Waals surface area contributed by atoms with Gasteiger partial charge < -0.3 is 0 Å². The van der Waals surface area contributed by atoms with Gasteiger partial charge in [0.25, 0.3) is 7.59 Å². The smallest absolute Gasteiger partial charge is 0.270 e. The molecule has 9 heteroatoms. The Kier molecular flexibility index (Phi) is 6.66. The molecule has 0 radical (unpaired) electrons. The average Bonchev–Trinajstić information content (AvgIpc) is 2.24. The lowest BCUT2D eigenvalue weighted by Gasteiger charge is -2.47. The number of nitrogens with zero attached hydrogens (tertiary/aromatic N) is 5. The molecule has 0 aromatic carbocycles. The van der Waals surface area contributed by atoms with Gasteiger partial charge in [-0.25, -0.2) is 9.34 Å². The molecule has 0 heterocycles. The Morgan fingerprint density at radius 1 is 0.667 bits per heavy atom. The van der Waals surface area contributed by atoms with Gasteiger partial charge in [-0.2, -0.15) is 4.44 Å². The second kappa shape index (κ2) is 6.42. The molecule has 0 aliphatic heterocycles. The first-order chi connectivity index (χ1) is 7.93. The van der Waals surface area contributed by atoms with E-state index in [1.807, 2.05) is 77.2 Å². The first-order valence-corrected chi connectivity index (χ1v) is 9.82.